The van der Waals surface area contributed by atoms with E-state index in [1.54, 1.807) is 72.8 Å². The van der Waals surface area contributed by atoms with Crippen molar-refractivity contribution >= 4 is 33.1 Å². The minimum atomic E-state index is -3.58. The molecule has 0 unspecified atom stereocenters. The lowest BCUT2D eigenvalue weighted by molar-refractivity contribution is -0.116. The van der Waals surface area contributed by atoms with Gasteiger partial charge in [0.1, 0.15) is 5.75 Å². The smallest absolute Gasteiger partial charge is 0.232 e. The fourth-order valence-electron chi connectivity index (χ4n) is 3.43. The molecule has 0 bridgehead atoms. The van der Waals surface area contributed by atoms with Gasteiger partial charge >= 0.3 is 0 Å². The first-order valence-electron chi connectivity index (χ1n) is 10.4. The Bertz CT molecular complexity index is 1230. The Kier molecular flexibility index (Phi) is 7.84. The van der Waals surface area contributed by atoms with E-state index in [0.29, 0.717) is 28.3 Å². The molecule has 8 heteroatoms. The van der Waals surface area contributed by atoms with Crippen LogP contribution in [0.1, 0.15) is 28.8 Å². The molecule has 7 nitrogen and oxygen atoms in total. The molecule has 1 N–H and O–H groups in total. The summed E-state index contributed by atoms with van der Waals surface area (Å²) in [7, 11) is -2.11. The number of amides is 1. The molecule has 0 heterocycles. The van der Waals surface area contributed by atoms with E-state index in [0.717, 1.165) is 6.26 Å². The van der Waals surface area contributed by atoms with Crippen LogP contribution in [-0.4, -0.2) is 40.0 Å². The third-order valence-electron chi connectivity index (χ3n) is 5.00. The van der Waals surface area contributed by atoms with E-state index < -0.39 is 10.0 Å². The van der Waals surface area contributed by atoms with Crippen LogP contribution in [0.3, 0.4) is 0 Å². The predicted molar refractivity (Wildman–Crippen MR) is 129 cm³/mol. The molecule has 0 radical (unpaired) electrons. The van der Waals surface area contributed by atoms with Crippen molar-refractivity contribution in [2.75, 3.05) is 29.5 Å². The number of carbonyl (C=O) groups is 2. The number of ketones is 1. The van der Waals surface area contributed by atoms with E-state index >= 15 is 0 Å². The molecule has 3 rings (SSSR count). The molecule has 0 aliphatic heterocycles. The van der Waals surface area contributed by atoms with Crippen molar-refractivity contribution in [3.63, 3.8) is 0 Å². The third kappa shape index (κ3) is 6.20. The highest BCUT2D eigenvalue weighted by Crippen LogP contribution is 2.29. The number of hydrogen-bond acceptors (Lipinski definition) is 5. The molecular weight excluding hydrogens is 440 g/mol. The summed E-state index contributed by atoms with van der Waals surface area (Å²) in [6.07, 6.45) is 1.48. The standard InChI is InChI=1S/C25H26N2O5S/c1-32-23-16-9-8-15-22(23)27(33(2,30)31)18-10-17-24(28)26-21-14-7-6-13-20(21)25(29)19-11-4-3-5-12-19/h3-9,11-16H,10,17-18H2,1-2H3,(H,26,28). The number of para-hydroxylation sites is 3. The van der Waals surface area contributed by atoms with Gasteiger partial charge < -0.3 is 10.1 Å². The number of hydrogen-bond donors (Lipinski definition) is 1. The van der Waals surface area contributed by atoms with Crippen LogP contribution in [0.5, 0.6) is 5.75 Å². The Hall–Kier alpha value is -3.65. The topological polar surface area (TPSA) is 92.8 Å². The maximum Gasteiger partial charge on any atom is 0.232 e. The molecule has 3 aromatic rings. The summed E-state index contributed by atoms with van der Waals surface area (Å²) in [6.45, 7) is 0.108. The average molecular weight is 467 g/mol. The van der Waals surface area contributed by atoms with Crippen molar-refractivity contribution in [1.82, 2.24) is 0 Å². The van der Waals surface area contributed by atoms with Gasteiger partial charge in [0.2, 0.25) is 15.9 Å². The molecule has 0 spiro atoms. The van der Waals surface area contributed by atoms with Gasteiger partial charge in [0.25, 0.3) is 0 Å². The highest BCUT2D eigenvalue weighted by molar-refractivity contribution is 7.92. The highest BCUT2D eigenvalue weighted by atomic mass is 32.2. The monoisotopic (exact) mass is 466 g/mol. The molecule has 1 amide bonds. The van der Waals surface area contributed by atoms with E-state index in [9.17, 15) is 18.0 Å². The fourth-order valence-corrected chi connectivity index (χ4v) is 4.40. The zero-order valence-corrected chi connectivity index (χ0v) is 19.3. The molecular formula is C25H26N2O5S. The molecule has 0 aromatic heterocycles. The largest absolute Gasteiger partial charge is 0.495 e. The van der Waals surface area contributed by atoms with Crippen molar-refractivity contribution in [3.05, 3.63) is 90.0 Å². The van der Waals surface area contributed by atoms with Crippen molar-refractivity contribution in [2.24, 2.45) is 0 Å². The van der Waals surface area contributed by atoms with Crippen molar-refractivity contribution in [1.29, 1.82) is 0 Å². The minimum Gasteiger partial charge on any atom is -0.495 e. The van der Waals surface area contributed by atoms with Crippen LogP contribution in [0.2, 0.25) is 0 Å². The quantitative estimate of drug-likeness (QED) is 0.454. The first kappa shape index (κ1) is 24.0. The molecule has 0 aliphatic carbocycles. The summed E-state index contributed by atoms with van der Waals surface area (Å²) in [5.74, 6) is -0.0663. The van der Waals surface area contributed by atoms with Crippen LogP contribution in [0.15, 0.2) is 78.9 Å². The van der Waals surface area contributed by atoms with Gasteiger partial charge in [-0.1, -0.05) is 54.6 Å². The minimum absolute atomic E-state index is 0.0784. The number of carbonyl (C=O) groups excluding carboxylic acids is 2. The van der Waals surface area contributed by atoms with E-state index in [4.69, 9.17) is 4.74 Å². The molecule has 0 aliphatic rings. The zero-order chi connectivity index (χ0) is 23.8. The number of sulfonamides is 1. The van der Waals surface area contributed by atoms with E-state index in [1.807, 2.05) is 6.07 Å². The van der Waals surface area contributed by atoms with Gasteiger partial charge in [0.15, 0.2) is 5.78 Å². The molecule has 0 atom stereocenters. The van der Waals surface area contributed by atoms with Crippen LogP contribution in [0, 0.1) is 0 Å². The first-order chi connectivity index (χ1) is 15.8. The molecule has 33 heavy (non-hydrogen) atoms. The SMILES string of the molecule is COc1ccccc1N(CCCC(=O)Nc1ccccc1C(=O)c1ccccc1)S(C)(=O)=O. The van der Waals surface area contributed by atoms with Crippen LogP contribution >= 0.6 is 0 Å². The lowest BCUT2D eigenvalue weighted by atomic mass is 10.0. The Morgan fingerprint density at radius 3 is 2.24 bits per heavy atom. The number of methoxy groups -OCH3 is 1. The second-order valence-electron chi connectivity index (χ2n) is 7.40. The highest BCUT2D eigenvalue weighted by Gasteiger charge is 2.21. The second kappa shape index (κ2) is 10.8. The third-order valence-corrected chi connectivity index (χ3v) is 6.18. The number of nitrogens with one attached hydrogen (secondary N) is 1. The van der Waals surface area contributed by atoms with Crippen LogP contribution in [-0.2, 0) is 14.8 Å². The van der Waals surface area contributed by atoms with E-state index in [-0.39, 0.29) is 31.1 Å². The lowest BCUT2D eigenvalue weighted by Gasteiger charge is -2.24. The molecule has 0 saturated heterocycles. The van der Waals surface area contributed by atoms with Gasteiger partial charge in [-0.3, -0.25) is 13.9 Å². The van der Waals surface area contributed by atoms with Crippen LogP contribution in [0.25, 0.3) is 0 Å². The molecule has 0 fully saturated rings. The summed E-state index contributed by atoms with van der Waals surface area (Å²) in [5.41, 5.74) is 1.76. The summed E-state index contributed by atoms with van der Waals surface area (Å²) >= 11 is 0. The number of ether oxygens (including phenoxy) is 1. The van der Waals surface area contributed by atoms with Crippen LogP contribution in [0.4, 0.5) is 11.4 Å². The summed E-state index contributed by atoms with van der Waals surface area (Å²) in [4.78, 5) is 25.4. The lowest BCUT2D eigenvalue weighted by Crippen LogP contribution is -2.31. The normalized spacial score (nSPS) is 11.0. The summed E-state index contributed by atoms with van der Waals surface area (Å²) in [6, 6.07) is 22.5. The van der Waals surface area contributed by atoms with Crippen molar-refractivity contribution in [3.8, 4) is 5.75 Å². The summed E-state index contributed by atoms with van der Waals surface area (Å²) in [5, 5.41) is 2.78. The second-order valence-corrected chi connectivity index (χ2v) is 9.31. The maximum absolute atomic E-state index is 12.8. The molecule has 0 saturated carbocycles. The van der Waals surface area contributed by atoms with Crippen molar-refractivity contribution in [2.45, 2.75) is 12.8 Å². The predicted octanol–water partition coefficient (Wildman–Crippen LogP) is 4.11. The van der Waals surface area contributed by atoms with E-state index in [2.05, 4.69) is 5.32 Å². The van der Waals surface area contributed by atoms with Gasteiger partial charge in [-0.2, -0.15) is 0 Å². The molecule has 3 aromatic carbocycles. The van der Waals surface area contributed by atoms with Gasteiger partial charge in [-0.15, -0.1) is 0 Å². The van der Waals surface area contributed by atoms with Gasteiger partial charge in [0.05, 0.1) is 24.7 Å². The van der Waals surface area contributed by atoms with Crippen LogP contribution < -0.4 is 14.4 Å². The summed E-state index contributed by atoms with van der Waals surface area (Å²) < 4.78 is 31.2. The van der Waals surface area contributed by atoms with Gasteiger partial charge in [-0.05, 0) is 30.7 Å². The zero-order valence-electron chi connectivity index (χ0n) is 18.5. The maximum atomic E-state index is 12.8. The number of anilines is 2. The van der Waals surface area contributed by atoms with Gasteiger partial charge in [0, 0.05) is 24.1 Å². The molecule has 172 valence electrons. The Balaban J connectivity index is 1.68. The number of benzene rings is 3. The Morgan fingerprint density at radius 1 is 0.909 bits per heavy atom. The average Bonchev–Trinajstić information content (AvgIpc) is 2.81. The number of rotatable bonds is 10. The first-order valence-corrected chi connectivity index (χ1v) is 12.3. The van der Waals surface area contributed by atoms with E-state index in [1.165, 1.54) is 11.4 Å². The van der Waals surface area contributed by atoms with Crippen molar-refractivity contribution < 1.29 is 22.7 Å². The van der Waals surface area contributed by atoms with Gasteiger partial charge in [-0.25, -0.2) is 8.42 Å². The fraction of sp³-hybridized carbons (Fsp3) is 0.200. The number of nitrogens with zero attached hydrogens (tertiary/aromatic N) is 1. The Morgan fingerprint density at radius 2 is 1.55 bits per heavy atom. The Labute approximate surface area is 194 Å².